The maximum Gasteiger partial charge on any atom is 0.228 e. The molecule has 0 saturated carbocycles. The topological polar surface area (TPSA) is 62.3 Å². The van der Waals surface area contributed by atoms with Crippen molar-refractivity contribution in [3.05, 3.63) is 40.9 Å². The highest BCUT2D eigenvalue weighted by Crippen LogP contribution is 2.25. The van der Waals surface area contributed by atoms with E-state index < -0.39 is 0 Å². The molecular weight excluding hydrogens is 358 g/mol. The van der Waals surface area contributed by atoms with E-state index in [0.29, 0.717) is 19.5 Å². The van der Waals surface area contributed by atoms with Gasteiger partial charge in [-0.1, -0.05) is 36.8 Å². The Hall–Kier alpha value is -2.21. The summed E-state index contributed by atoms with van der Waals surface area (Å²) < 4.78 is 0. The van der Waals surface area contributed by atoms with Gasteiger partial charge in [0, 0.05) is 36.5 Å². The minimum absolute atomic E-state index is 0.0352. The van der Waals surface area contributed by atoms with Crippen LogP contribution in [0, 0.1) is 12.8 Å². The van der Waals surface area contributed by atoms with Gasteiger partial charge in [0.25, 0.3) is 0 Å². The Morgan fingerprint density at radius 2 is 1.93 bits per heavy atom. The van der Waals surface area contributed by atoms with Crippen LogP contribution in [-0.4, -0.2) is 41.3 Å². The zero-order valence-corrected chi connectivity index (χ0v) is 16.8. The van der Waals surface area contributed by atoms with Gasteiger partial charge in [0.15, 0.2) is 0 Å². The third-order valence-corrected chi connectivity index (χ3v) is 5.89. The fourth-order valence-electron chi connectivity index (χ4n) is 3.27. The van der Waals surface area contributed by atoms with Crippen LogP contribution in [0.5, 0.6) is 0 Å². The predicted molar refractivity (Wildman–Crippen MR) is 109 cm³/mol. The van der Waals surface area contributed by atoms with Gasteiger partial charge in [-0.05, 0) is 26.2 Å². The predicted octanol–water partition coefficient (Wildman–Crippen LogP) is 3.43. The van der Waals surface area contributed by atoms with Crippen LogP contribution in [0.1, 0.15) is 37.4 Å². The molecule has 27 heavy (non-hydrogen) atoms. The summed E-state index contributed by atoms with van der Waals surface area (Å²) in [6.45, 7) is 6.14. The molecule has 5 nitrogen and oxygen atoms in total. The standard InChI is InChI=1S/C21H27N3O2S/c1-3-10-22-20(26)16-8-11-24(12-9-16)19(25)13-18-14-27-21(23-18)17-6-4-15(2)5-7-17/h4-7,14,16H,3,8-13H2,1-2H3,(H,22,26). The van der Waals surface area contributed by atoms with Gasteiger partial charge in [0.05, 0.1) is 12.1 Å². The molecular formula is C21H27N3O2S. The van der Waals surface area contributed by atoms with Gasteiger partial charge in [-0.2, -0.15) is 0 Å². The molecule has 0 unspecified atom stereocenters. The molecule has 0 spiro atoms. The van der Waals surface area contributed by atoms with Crippen molar-refractivity contribution in [3.63, 3.8) is 0 Å². The second-order valence-electron chi connectivity index (χ2n) is 7.13. The van der Waals surface area contributed by atoms with Crippen LogP contribution in [0.2, 0.25) is 0 Å². The number of aromatic nitrogens is 1. The van der Waals surface area contributed by atoms with Gasteiger partial charge in [-0.15, -0.1) is 11.3 Å². The first-order valence-corrected chi connectivity index (χ1v) is 10.5. The van der Waals surface area contributed by atoms with E-state index in [2.05, 4.69) is 41.5 Å². The van der Waals surface area contributed by atoms with E-state index in [1.165, 1.54) is 5.56 Å². The lowest BCUT2D eigenvalue weighted by atomic mass is 9.95. The lowest BCUT2D eigenvalue weighted by Gasteiger charge is -2.31. The molecule has 0 bridgehead atoms. The molecule has 0 aliphatic carbocycles. The van der Waals surface area contributed by atoms with Crippen molar-refractivity contribution in [1.82, 2.24) is 15.2 Å². The highest BCUT2D eigenvalue weighted by molar-refractivity contribution is 7.13. The lowest BCUT2D eigenvalue weighted by Crippen LogP contribution is -2.43. The van der Waals surface area contributed by atoms with Crippen molar-refractivity contribution in [2.24, 2.45) is 5.92 Å². The molecule has 1 aromatic carbocycles. The average Bonchev–Trinajstić information content (AvgIpc) is 3.15. The first kappa shape index (κ1) is 19.5. The number of nitrogens with zero attached hydrogens (tertiary/aromatic N) is 2. The van der Waals surface area contributed by atoms with E-state index in [0.717, 1.165) is 42.1 Å². The zero-order chi connectivity index (χ0) is 19.2. The van der Waals surface area contributed by atoms with Gasteiger partial charge in [-0.3, -0.25) is 9.59 Å². The van der Waals surface area contributed by atoms with Gasteiger partial charge < -0.3 is 10.2 Å². The van der Waals surface area contributed by atoms with Gasteiger partial charge in [0.1, 0.15) is 5.01 Å². The number of amides is 2. The average molecular weight is 386 g/mol. The summed E-state index contributed by atoms with van der Waals surface area (Å²) in [4.78, 5) is 31.2. The smallest absolute Gasteiger partial charge is 0.228 e. The van der Waals surface area contributed by atoms with Crippen molar-refractivity contribution >= 4 is 23.2 Å². The molecule has 1 fully saturated rings. The van der Waals surface area contributed by atoms with E-state index in [9.17, 15) is 9.59 Å². The second-order valence-corrected chi connectivity index (χ2v) is 7.99. The third-order valence-electron chi connectivity index (χ3n) is 4.95. The summed E-state index contributed by atoms with van der Waals surface area (Å²) in [5.41, 5.74) is 3.13. The Morgan fingerprint density at radius 1 is 1.22 bits per heavy atom. The molecule has 2 heterocycles. The number of nitrogens with one attached hydrogen (secondary N) is 1. The molecule has 6 heteroatoms. The van der Waals surface area contributed by atoms with E-state index in [4.69, 9.17) is 0 Å². The number of carbonyl (C=O) groups excluding carboxylic acids is 2. The van der Waals surface area contributed by atoms with Crippen LogP contribution < -0.4 is 5.32 Å². The van der Waals surface area contributed by atoms with Crippen LogP contribution in [-0.2, 0) is 16.0 Å². The quantitative estimate of drug-likeness (QED) is 0.829. The van der Waals surface area contributed by atoms with Crippen molar-refractivity contribution in [3.8, 4) is 10.6 Å². The summed E-state index contributed by atoms with van der Waals surface area (Å²) in [6.07, 6.45) is 2.76. The fraction of sp³-hybridized carbons (Fsp3) is 0.476. The van der Waals surface area contributed by atoms with Crippen LogP contribution in [0.3, 0.4) is 0 Å². The number of aryl methyl sites for hydroxylation is 1. The van der Waals surface area contributed by atoms with E-state index in [1.54, 1.807) is 11.3 Å². The van der Waals surface area contributed by atoms with E-state index >= 15 is 0 Å². The molecule has 3 rings (SSSR count). The second kappa shape index (κ2) is 9.13. The maximum atomic E-state index is 12.6. The SMILES string of the molecule is CCCNC(=O)C1CCN(C(=O)Cc2csc(-c3ccc(C)cc3)n2)CC1. The number of rotatable bonds is 6. The highest BCUT2D eigenvalue weighted by Gasteiger charge is 2.27. The number of hydrogen-bond donors (Lipinski definition) is 1. The minimum atomic E-state index is 0.0352. The summed E-state index contributed by atoms with van der Waals surface area (Å²) in [7, 11) is 0. The highest BCUT2D eigenvalue weighted by atomic mass is 32.1. The number of likely N-dealkylation sites (tertiary alicyclic amines) is 1. The van der Waals surface area contributed by atoms with Crippen LogP contribution in [0.25, 0.3) is 10.6 Å². The van der Waals surface area contributed by atoms with Crippen LogP contribution in [0.4, 0.5) is 0 Å². The normalized spacial score (nSPS) is 15.0. The molecule has 1 N–H and O–H groups in total. The van der Waals surface area contributed by atoms with E-state index in [1.807, 2.05) is 17.2 Å². The maximum absolute atomic E-state index is 12.6. The van der Waals surface area contributed by atoms with Crippen molar-refractivity contribution in [2.45, 2.75) is 39.5 Å². The summed E-state index contributed by atoms with van der Waals surface area (Å²) in [5, 5.41) is 5.88. The Morgan fingerprint density at radius 3 is 2.59 bits per heavy atom. The Bertz CT molecular complexity index is 777. The minimum Gasteiger partial charge on any atom is -0.356 e. The molecule has 1 aliphatic heterocycles. The summed E-state index contributed by atoms with van der Waals surface area (Å²) in [6, 6.07) is 8.27. The summed E-state index contributed by atoms with van der Waals surface area (Å²) >= 11 is 1.57. The fourth-order valence-corrected chi connectivity index (χ4v) is 4.09. The van der Waals surface area contributed by atoms with Crippen LogP contribution >= 0.6 is 11.3 Å². The number of benzene rings is 1. The Kier molecular flexibility index (Phi) is 6.61. The number of hydrogen-bond acceptors (Lipinski definition) is 4. The third kappa shape index (κ3) is 5.16. The number of carbonyl (C=O) groups is 2. The Balaban J connectivity index is 1.51. The van der Waals surface area contributed by atoms with Crippen molar-refractivity contribution in [2.75, 3.05) is 19.6 Å². The molecule has 1 saturated heterocycles. The molecule has 144 valence electrons. The molecule has 0 atom stereocenters. The van der Waals surface area contributed by atoms with Gasteiger partial charge in [0.2, 0.25) is 11.8 Å². The monoisotopic (exact) mass is 385 g/mol. The molecule has 1 aromatic heterocycles. The molecule has 2 amide bonds. The Labute approximate surface area is 164 Å². The number of piperidine rings is 1. The van der Waals surface area contributed by atoms with Crippen molar-refractivity contribution < 1.29 is 9.59 Å². The lowest BCUT2D eigenvalue weighted by molar-refractivity contribution is -0.135. The van der Waals surface area contributed by atoms with E-state index in [-0.39, 0.29) is 17.7 Å². The van der Waals surface area contributed by atoms with Gasteiger partial charge in [-0.25, -0.2) is 4.98 Å². The largest absolute Gasteiger partial charge is 0.356 e. The molecule has 0 radical (unpaired) electrons. The first-order chi connectivity index (χ1) is 13.1. The molecule has 2 aromatic rings. The van der Waals surface area contributed by atoms with Crippen molar-refractivity contribution in [1.29, 1.82) is 0 Å². The summed E-state index contributed by atoms with van der Waals surface area (Å²) in [5.74, 6) is 0.266. The van der Waals surface area contributed by atoms with Gasteiger partial charge >= 0.3 is 0 Å². The van der Waals surface area contributed by atoms with Crippen LogP contribution in [0.15, 0.2) is 29.6 Å². The zero-order valence-electron chi connectivity index (χ0n) is 16.0. The number of thiazole rings is 1. The molecule has 1 aliphatic rings. The first-order valence-electron chi connectivity index (χ1n) is 9.63.